The molecule has 0 aliphatic heterocycles. The average molecular weight is 193 g/mol. The molecule has 5 heteroatoms. The molecule has 1 heterocycles. The Morgan fingerprint density at radius 1 is 1.91 bits per heavy atom. The molecule has 0 spiro atoms. The number of nitrogens with zero attached hydrogens (tertiary/aromatic N) is 1. The monoisotopic (exact) mass is 192 g/mol. The van der Waals surface area contributed by atoms with Crippen LogP contribution in [0, 0.1) is 0 Å². The van der Waals surface area contributed by atoms with E-state index in [4.69, 9.17) is 11.6 Å². The Morgan fingerprint density at radius 2 is 2.64 bits per heavy atom. The molecule has 0 aliphatic carbocycles. The van der Waals surface area contributed by atoms with Crippen LogP contribution in [0.1, 0.15) is 11.1 Å². The Kier molecular flexibility index (Phi) is 3.26. The summed E-state index contributed by atoms with van der Waals surface area (Å²) in [6, 6.07) is 0. The summed E-state index contributed by atoms with van der Waals surface area (Å²) >= 11 is 6.93. The second-order valence-electron chi connectivity index (χ2n) is 2.08. The SMILES string of the molecule is CNCC(O)c1ncc(Cl)s1. The first-order chi connectivity index (χ1) is 5.24. The molecular weight excluding hydrogens is 184 g/mol. The minimum atomic E-state index is -0.544. The Hall–Kier alpha value is -0.160. The van der Waals surface area contributed by atoms with E-state index in [2.05, 4.69) is 10.3 Å². The molecule has 1 aromatic rings. The summed E-state index contributed by atoms with van der Waals surface area (Å²) in [6.07, 6.45) is 0.998. The van der Waals surface area contributed by atoms with Gasteiger partial charge < -0.3 is 10.4 Å². The Bertz CT molecular complexity index is 228. The van der Waals surface area contributed by atoms with Crippen LogP contribution in [0.3, 0.4) is 0 Å². The third kappa shape index (κ3) is 2.41. The van der Waals surface area contributed by atoms with Gasteiger partial charge in [0.2, 0.25) is 0 Å². The first kappa shape index (κ1) is 8.93. The number of nitrogens with one attached hydrogen (secondary N) is 1. The Morgan fingerprint density at radius 3 is 3.09 bits per heavy atom. The van der Waals surface area contributed by atoms with Crippen molar-refractivity contribution in [1.82, 2.24) is 10.3 Å². The topological polar surface area (TPSA) is 45.1 Å². The van der Waals surface area contributed by atoms with Crippen molar-refractivity contribution < 1.29 is 5.11 Å². The molecule has 1 atom stereocenters. The number of aliphatic hydroxyl groups excluding tert-OH is 1. The van der Waals surface area contributed by atoms with Crippen molar-refractivity contribution in [2.45, 2.75) is 6.10 Å². The maximum atomic E-state index is 9.36. The molecule has 0 fully saturated rings. The third-order valence-electron chi connectivity index (χ3n) is 1.18. The van der Waals surface area contributed by atoms with Crippen molar-refractivity contribution in [1.29, 1.82) is 0 Å². The molecule has 2 N–H and O–H groups in total. The molecule has 0 radical (unpaired) electrons. The predicted molar refractivity (Wildman–Crippen MR) is 46.0 cm³/mol. The largest absolute Gasteiger partial charge is 0.385 e. The van der Waals surface area contributed by atoms with Crippen LogP contribution in [-0.2, 0) is 0 Å². The van der Waals surface area contributed by atoms with Gasteiger partial charge in [-0.1, -0.05) is 11.6 Å². The predicted octanol–water partition coefficient (Wildman–Crippen LogP) is 1.05. The van der Waals surface area contributed by atoms with Crippen LogP contribution >= 0.6 is 22.9 Å². The van der Waals surface area contributed by atoms with Crippen molar-refractivity contribution in [3.05, 3.63) is 15.5 Å². The minimum Gasteiger partial charge on any atom is -0.385 e. The lowest BCUT2D eigenvalue weighted by molar-refractivity contribution is 0.177. The molecule has 0 bridgehead atoms. The second kappa shape index (κ2) is 4.01. The fourth-order valence-corrected chi connectivity index (χ4v) is 1.62. The van der Waals surface area contributed by atoms with Gasteiger partial charge in [0, 0.05) is 6.54 Å². The number of aromatic nitrogens is 1. The van der Waals surface area contributed by atoms with Crippen LogP contribution in [0.4, 0.5) is 0 Å². The molecular formula is C6H9ClN2OS. The maximum absolute atomic E-state index is 9.36. The lowest BCUT2D eigenvalue weighted by Crippen LogP contribution is -2.16. The number of thiazole rings is 1. The molecule has 0 aliphatic rings. The fourth-order valence-electron chi connectivity index (χ4n) is 0.702. The molecule has 0 aromatic carbocycles. The third-order valence-corrected chi connectivity index (χ3v) is 2.39. The summed E-state index contributed by atoms with van der Waals surface area (Å²) in [5.41, 5.74) is 0. The number of hydrogen-bond acceptors (Lipinski definition) is 4. The minimum absolute atomic E-state index is 0.504. The van der Waals surface area contributed by atoms with Gasteiger partial charge >= 0.3 is 0 Å². The van der Waals surface area contributed by atoms with Gasteiger partial charge in [-0.3, -0.25) is 0 Å². The second-order valence-corrected chi connectivity index (χ2v) is 3.77. The van der Waals surface area contributed by atoms with E-state index in [0.717, 1.165) is 0 Å². The molecule has 1 rings (SSSR count). The van der Waals surface area contributed by atoms with Crippen molar-refractivity contribution in [2.24, 2.45) is 0 Å². The summed E-state index contributed by atoms with van der Waals surface area (Å²) in [5, 5.41) is 12.9. The highest BCUT2D eigenvalue weighted by Gasteiger charge is 2.09. The van der Waals surface area contributed by atoms with Gasteiger partial charge in [-0.25, -0.2) is 4.98 Å². The normalized spacial score (nSPS) is 13.4. The van der Waals surface area contributed by atoms with E-state index < -0.39 is 6.10 Å². The van der Waals surface area contributed by atoms with Crippen molar-refractivity contribution in [3.8, 4) is 0 Å². The number of likely N-dealkylation sites (N-methyl/N-ethyl adjacent to an activating group) is 1. The molecule has 3 nitrogen and oxygen atoms in total. The highest BCUT2D eigenvalue weighted by atomic mass is 35.5. The fraction of sp³-hybridized carbons (Fsp3) is 0.500. The van der Waals surface area contributed by atoms with Crippen LogP contribution in [0.2, 0.25) is 4.34 Å². The summed E-state index contributed by atoms with van der Waals surface area (Å²) in [5.74, 6) is 0. The zero-order valence-corrected chi connectivity index (χ0v) is 7.61. The van der Waals surface area contributed by atoms with E-state index in [1.165, 1.54) is 11.3 Å². The highest BCUT2D eigenvalue weighted by molar-refractivity contribution is 7.15. The van der Waals surface area contributed by atoms with E-state index in [9.17, 15) is 5.11 Å². The number of rotatable bonds is 3. The molecule has 1 aromatic heterocycles. The Balaban J connectivity index is 2.60. The molecule has 0 amide bonds. The summed E-state index contributed by atoms with van der Waals surface area (Å²) in [4.78, 5) is 3.93. The van der Waals surface area contributed by atoms with Crippen LogP contribution in [0.5, 0.6) is 0 Å². The molecule has 0 saturated heterocycles. The first-order valence-corrected chi connectivity index (χ1v) is 4.37. The van der Waals surface area contributed by atoms with Crippen LogP contribution in [0.25, 0.3) is 0 Å². The van der Waals surface area contributed by atoms with E-state index >= 15 is 0 Å². The first-order valence-electron chi connectivity index (χ1n) is 3.18. The van der Waals surface area contributed by atoms with Crippen LogP contribution in [-0.4, -0.2) is 23.7 Å². The zero-order chi connectivity index (χ0) is 8.27. The highest BCUT2D eigenvalue weighted by Crippen LogP contribution is 2.23. The number of halogens is 1. The van der Waals surface area contributed by atoms with Gasteiger partial charge in [0.05, 0.1) is 6.20 Å². The zero-order valence-electron chi connectivity index (χ0n) is 6.04. The van der Waals surface area contributed by atoms with E-state index in [1.54, 1.807) is 13.2 Å². The molecule has 62 valence electrons. The van der Waals surface area contributed by atoms with Crippen molar-refractivity contribution in [2.75, 3.05) is 13.6 Å². The lowest BCUT2D eigenvalue weighted by atomic mass is 10.4. The average Bonchev–Trinajstić information content (AvgIpc) is 2.36. The lowest BCUT2D eigenvalue weighted by Gasteiger charge is -2.04. The van der Waals surface area contributed by atoms with E-state index in [-0.39, 0.29) is 0 Å². The van der Waals surface area contributed by atoms with Crippen molar-refractivity contribution >= 4 is 22.9 Å². The van der Waals surface area contributed by atoms with Gasteiger partial charge in [-0.15, -0.1) is 11.3 Å². The van der Waals surface area contributed by atoms with Gasteiger partial charge in [0.1, 0.15) is 15.4 Å². The maximum Gasteiger partial charge on any atom is 0.124 e. The van der Waals surface area contributed by atoms with Crippen molar-refractivity contribution in [3.63, 3.8) is 0 Å². The van der Waals surface area contributed by atoms with Gasteiger partial charge in [-0.2, -0.15) is 0 Å². The smallest absolute Gasteiger partial charge is 0.124 e. The Labute approximate surface area is 74.0 Å². The quantitative estimate of drug-likeness (QED) is 0.753. The molecule has 11 heavy (non-hydrogen) atoms. The standard InChI is InChI=1S/C6H9ClN2OS/c1-8-2-4(10)6-9-3-5(7)11-6/h3-4,8,10H,2H2,1H3. The van der Waals surface area contributed by atoms with Crippen LogP contribution < -0.4 is 5.32 Å². The van der Waals surface area contributed by atoms with Crippen LogP contribution in [0.15, 0.2) is 6.20 Å². The summed E-state index contributed by atoms with van der Waals surface area (Å²) in [7, 11) is 1.78. The van der Waals surface area contributed by atoms with Gasteiger partial charge in [0.15, 0.2) is 0 Å². The van der Waals surface area contributed by atoms with Gasteiger partial charge in [-0.05, 0) is 7.05 Å². The summed E-state index contributed by atoms with van der Waals surface area (Å²) < 4.78 is 0.607. The molecule has 0 saturated carbocycles. The van der Waals surface area contributed by atoms with Gasteiger partial charge in [0.25, 0.3) is 0 Å². The number of aliphatic hydroxyl groups is 1. The summed E-state index contributed by atoms with van der Waals surface area (Å²) in [6.45, 7) is 0.504. The molecule has 1 unspecified atom stereocenters. The number of hydrogen-bond donors (Lipinski definition) is 2. The van der Waals surface area contributed by atoms with E-state index in [0.29, 0.717) is 15.9 Å². The van der Waals surface area contributed by atoms with E-state index in [1.807, 2.05) is 0 Å².